The Morgan fingerprint density at radius 2 is 1.96 bits per heavy atom. The van der Waals surface area contributed by atoms with Crippen LogP contribution in [0.5, 0.6) is 11.5 Å². The average Bonchev–Trinajstić information content (AvgIpc) is 3.15. The molecule has 0 aliphatic rings. The van der Waals surface area contributed by atoms with Crippen molar-refractivity contribution in [2.45, 2.75) is 13.5 Å². The van der Waals surface area contributed by atoms with Crippen molar-refractivity contribution in [3.63, 3.8) is 0 Å². The summed E-state index contributed by atoms with van der Waals surface area (Å²) in [7, 11) is 0. The van der Waals surface area contributed by atoms with E-state index in [9.17, 15) is 4.79 Å². The Morgan fingerprint density at radius 1 is 1.12 bits per heavy atom. The van der Waals surface area contributed by atoms with Crippen LogP contribution in [0.15, 0.2) is 61.2 Å². The Labute approximate surface area is 151 Å². The second-order valence-corrected chi connectivity index (χ2v) is 5.68. The highest BCUT2D eigenvalue weighted by Crippen LogP contribution is 2.17. The number of aromatic nitrogens is 3. The zero-order valence-electron chi connectivity index (χ0n) is 14.5. The lowest BCUT2D eigenvalue weighted by atomic mass is 10.2. The molecule has 1 aromatic heterocycles. The summed E-state index contributed by atoms with van der Waals surface area (Å²) in [6.07, 6.45) is 3.11. The Morgan fingerprint density at radius 3 is 2.73 bits per heavy atom. The van der Waals surface area contributed by atoms with Crippen molar-refractivity contribution in [2.24, 2.45) is 0 Å². The molecule has 0 saturated heterocycles. The topological polar surface area (TPSA) is 78.3 Å². The van der Waals surface area contributed by atoms with E-state index < -0.39 is 0 Å². The molecule has 1 heterocycles. The summed E-state index contributed by atoms with van der Waals surface area (Å²) in [6, 6.07) is 14.8. The lowest BCUT2D eigenvalue weighted by molar-refractivity contribution is -0.118. The van der Waals surface area contributed by atoms with E-state index in [-0.39, 0.29) is 12.5 Å². The fraction of sp³-hybridized carbons (Fsp3) is 0.211. The molecule has 0 saturated carbocycles. The number of hydrogen-bond acceptors (Lipinski definition) is 5. The van der Waals surface area contributed by atoms with Gasteiger partial charge in [-0.2, -0.15) is 5.10 Å². The number of carbonyl (C=O) groups excluding carboxylic acids is 1. The quantitative estimate of drug-likeness (QED) is 0.674. The maximum absolute atomic E-state index is 12.0. The average molecular weight is 352 g/mol. The number of nitrogens with zero attached hydrogens (tertiary/aromatic N) is 3. The zero-order valence-corrected chi connectivity index (χ0v) is 14.5. The van der Waals surface area contributed by atoms with Gasteiger partial charge in [0, 0.05) is 11.8 Å². The molecule has 7 heteroatoms. The van der Waals surface area contributed by atoms with Crippen LogP contribution in [0.1, 0.15) is 5.56 Å². The van der Waals surface area contributed by atoms with Crippen LogP contribution < -0.4 is 14.8 Å². The SMILES string of the molecule is Cc1ccc(OCC(=O)Nc2cccc(OCCn3cncn3)c2)cc1. The molecule has 0 fully saturated rings. The van der Waals surface area contributed by atoms with Gasteiger partial charge in [-0.15, -0.1) is 0 Å². The highest BCUT2D eigenvalue weighted by molar-refractivity contribution is 5.92. The van der Waals surface area contributed by atoms with Crippen LogP contribution in [-0.2, 0) is 11.3 Å². The van der Waals surface area contributed by atoms with E-state index >= 15 is 0 Å². The van der Waals surface area contributed by atoms with Crippen molar-refractivity contribution in [3.8, 4) is 11.5 Å². The first kappa shape index (κ1) is 17.5. The van der Waals surface area contributed by atoms with Crippen molar-refractivity contribution < 1.29 is 14.3 Å². The number of aryl methyl sites for hydroxylation is 1. The van der Waals surface area contributed by atoms with Crippen molar-refractivity contribution in [1.29, 1.82) is 0 Å². The number of nitrogens with one attached hydrogen (secondary N) is 1. The minimum absolute atomic E-state index is 0.0551. The summed E-state index contributed by atoms with van der Waals surface area (Å²) in [6.45, 7) is 3.00. The van der Waals surface area contributed by atoms with Gasteiger partial charge in [-0.3, -0.25) is 4.79 Å². The molecule has 134 valence electrons. The molecule has 0 unspecified atom stereocenters. The molecule has 0 aliphatic heterocycles. The van der Waals surface area contributed by atoms with Crippen molar-refractivity contribution in [2.75, 3.05) is 18.5 Å². The molecule has 3 aromatic rings. The van der Waals surface area contributed by atoms with Crippen LogP contribution >= 0.6 is 0 Å². The number of rotatable bonds is 8. The maximum atomic E-state index is 12.0. The van der Waals surface area contributed by atoms with Crippen molar-refractivity contribution in [1.82, 2.24) is 14.8 Å². The molecular weight excluding hydrogens is 332 g/mol. The molecule has 0 bridgehead atoms. The van der Waals surface area contributed by atoms with Crippen molar-refractivity contribution in [3.05, 3.63) is 66.7 Å². The number of ether oxygens (including phenoxy) is 2. The predicted octanol–water partition coefficient (Wildman–Crippen LogP) is 2.68. The monoisotopic (exact) mass is 352 g/mol. The Hall–Kier alpha value is -3.35. The first-order valence-electron chi connectivity index (χ1n) is 8.24. The van der Waals surface area contributed by atoms with Crippen molar-refractivity contribution >= 4 is 11.6 Å². The molecule has 3 rings (SSSR count). The molecule has 0 atom stereocenters. The third kappa shape index (κ3) is 5.34. The molecule has 7 nitrogen and oxygen atoms in total. The van der Waals surface area contributed by atoms with Gasteiger partial charge in [0.05, 0.1) is 6.54 Å². The highest BCUT2D eigenvalue weighted by Gasteiger charge is 2.05. The second kappa shape index (κ2) is 8.66. The number of anilines is 1. The van der Waals surface area contributed by atoms with Crippen LogP contribution in [0.2, 0.25) is 0 Å². The molecular formula is C19H20N4O3. The summed E-state index contributed by atoms with van der Waals surface area (Å²) in [4.78, 5) is 15.9. The Bertz CT molecular complexity index is 832. The zero-order chi connectivity index (χ0) is 18.2. The van der Waals surface area contributed by atoms with Gasteiger partial charge >= 0.3 is 0 Å². The molecule has 1 amide bonds. The third-order valence-electron chi connectivity index (χ3n) is 3.56. The summed E-state index contributed by atoms with van der Waals surface area (Å²) in [5, 5.41) is 6.81. The van der Waals surface area contributed by atoms with E-state index in [4.69, 9.17) is 9.47 Å². The van der Waals surface area contributed by atoms with E-state index in [1.807, 2.05) is 43.3 Å². The van der Waals surface area contributed by atoms with E-state index in [0.717, 1.165) is 5.56 Å². The van der Waals surface area contributed by atoms with E-state index in [0.29, 0.717) is 30.3 Å². The van der Waals surface area contributed by atoms with Gasteiger partial charge in [0.1, 0.15) is 30.8 Å². The standard InChI is InChI=1S/C19H20N4O3/c1-15-5-7-17(8-6-15)26-12-19(24)22-16-3-2-4-18(11-16)25-10-9-23-14-20-13-21-23/h2-8,11,13-14H,9-10,12H2,1H3,(H,22,24). The van der Waals surface area contributed by atoms with Crippen LogP contribution in [0.4, 0.5) is 5.69 Å². The number of amides is 1. The van der Waals surface area contributed by atoms with Gasteiger partial charge in [0.25, 0.3) is 5.91 Å². The molecule has 2 aromatic carbocycles. The largest absolute Gasteiger partial charge is 0.492 e. The minimum Gasteiger partial charge on any atom is -0.492 e. The van der Waals surface area contributed by atoms with Crippen LogP contribution in [0, 0.1) is 6.92 Å². The minimum atomic E-state index is -0.231. The third-order valence-corrected chi connectivity index (χ3v) is 3.56. The number of hydrogen-bond donors (Lipinski definition) is 1. The molecule has 1 N–H and O–H groups in total. The maximum Gasteiger partial charge on any atom is 0.262 e. The van der Waals surface area contributed by atoms with Gasteiger partial charge in [-0.05, 0) is 31.2 Å². The van der Waals surface area contributed by atoms with Gasteiger partial charge in [-0.1, -0.05) is 23.8 Å². The van der Waals surface area contributed by atoms with Gasteiger partial charge in [0.2, 0.25) is 0 Å². The van der Waals surface area contributed by atoms with E-state index in [2.05, 4.69) is 15.4 Å². The molecule has 0 aliphatic carbocycles. The Balaban J connectivity index is 1.46. The fourth-order valence-electron chi connectivity index (χ4n) is 2.25. The lowest BCUT2D eigenvalue weighted by Crippen LogP contribution is -2.20. The van der Waals surface area contributed by atoms with Crippen LogP contribution in [0.3, 0.4) is 0 Å². The highest BCUT2D eigenvalue weighted by atomic mass is 16.5. The summed E-state index contributed by atoms with van der Waals surface area (Å²) < 4.78 is 12.8. The van der Waals surface area contributed by atoms with Gasteiger partial charge in [0.15, 0.2) is 6.61 Å². The summed E-state index contributed by atoms with van der Waals surface area (Å²) in [5.41, 5.74) is 1.79. The first-order valence-corrected chi connectivity index (χ1v) is 8.24. The van der Waals surface area contributed by atoms with E-state index in [1.54, 1.807) is 23.1 Å². The summed E-state index contributed by atoms with van der Waals surface area (Å²) in [5.74, 6) is 1.10. The molecule has 0 spiro atoms. The van der Waals surface area contributed by atoms with Crippen LogP contribution in [-0.4, -0.2) is 33.9 Å². The first-order chi connectivity index (χ1) is 12.7. The number of benzene rings is 2. The Kier molecular flexibility index (Phi) is 5.82. The summed E-state index contributed by atoms with van der Waals surface area (Å²) >= 11 is 0. The second-order valence-electron chi connectivity index (χ2n) is 5.68. The smallest absolute Gasteiger partial charge is 0.262 e. The van der Waals surface area contributed by atoms with Gasteiger partial charge in [-0.25, -0.2) is 9.67 Å². The fourth-order valence-corrected chi connectivity index (χ4v) is 2.25. The van der Waals surface area contributed by atoms with Crippen LogP contribution in [0.25, 0.3) is 0 Å². The molecule has 0 radical (unpaired) electrons. The van der Waals surface area contributed by atoms with Gasteiger partial charge < -0.3 is 14.8 Å². The van der Waals surface area contributed by atoms with E-state index in [1.165, 1.54) is 6.33 Å². The predicted molar refractivity (Wildman–Crippen MR) is 97.3 cm³/mol. The number of carbonyl (C=O) groups is 1. The normalized spacial score (nSPS) is 10.3. The lowest BCUT2D eigenvalue weighted by Gasteiger charge is -2.10. The molecule has 26 heavy (non-hydrogen) atoms.